The van der Waals surface area contributed by atoms with Crippen LogP contribution in [0.15, 0.2) is 71.7 Å². The van der Waals surface area contributed by atoms with E-state index in [0.29, 0.717) is 0 Å². The number of ether oxygens (including phenoxy) is 2. The molecule has 0 fully saturated rings. The van der Waals surface area contributed by atoms with E-state index >= 15 is 0 Å². The highest BCUT2D eigenvalue weighted by molar-refractivity contribution is 6.25. The Hall–Kier alpha value is -4.59. The first-order valence-corrected chi connectivity index (χ1v) is 11.3. The number of carbonyl (C=O) groups excluding carboxylic acids is 3. The maximum atomic E-state index is 13.4. The Morgan fingerprint density at radius 2 is 1.81 bits per heavy atom. The van der Waals surface area contributed by atoms with E-state index in [4.69, 9.17) is 9.47 Å². The molecule has 0 aromatic heterocycles. The van der Waals surface area contributed by atoms with Gasteiger partial charge in [-0.25, -0.2) is 0 Å². The molecule has 1 atom stereocenters. The zero-order valence-corrected chi connectivity index (χ0v) is 19.8. The third kappa shape index (κ3) is 3.33. The monoisotopic (exact) mass is 485 g/mol. The van der Waals surface area contributed by atoms with E-state index in [-0.39, 0.29) is 40.7 Å². The molecule has 182 valence electrons. The van der Waals surface area contributed by atoms with E-state index < -0.39 is 34.2 Å². The summed E-state index contributed by atoms with van der Waals surface area (Å²) in [7, 11) is 1.34. The molecule has 3 aromatic rings. The van der Waals surface area contributed by atoms with Crippen LogP contribution in [0.4, 0.5) is 0 Å². The number of aliphatic hydroxyl groups excluding tert-OH is 1. The van der Waals surface area contributed by atoms with Crippen molar-refractivity contribution in [2.24, 2.45) is 0 Å². The highest BCUT2D eigenvalue weighted by Gasteiger charge is 2.55. The number of hydrogen-bond acceptors (Lipinski definition) is 7. The number of fused-ring (bicyclic) bond motifs is 4. The molecule has 1 aliphatic carbocycles. The van der Waals surface area contributed by atoms with E-state index in [9.17, 15) is 24.6 Å². The molecule has 0 saturated heterocycles. The van der Waals surface area contributed by atoms with Crippen LogP contribution >= 0.6 is 0 Å². The molecule has 0 bridgehead atoms. The van der Waals surface area contributed by atoms with Gasteiger partial charge in [0.1, 0.15) is 39.6 Å². The molecule has 0 radical (unpaired) electrons. The number of aliphatic hydroxyl groups is 1. The summed E-state index contributed by atoms with van der Waals surface area (Å²) >= 11 is 0. The molecule has 8 heteroatoms. The topological polar surface area (TPSA) is 122 Å². The second-order valence-corrected chi connectivity index (χ2v) is 8.92. The number of phenols is 1. The Bertz CT molecular complexity index is 1550. The van der Waals surface area contributed by atoms with Crippen LogP contribution in [-0.2, 0) is 21.5 Å². The van der Waals surface area contributed by atoms with Gasteiger partial charge in [-0.05, 0) is 36.2 Å². The van der Waals surface area contributed by atoms with Gasteiger partial charge in [-0.2, -0.15) is 0 Å². The number of nitrogens with one attached hydrogen (secondary N) is 1. The molecule has 0 unspecified atom stereocenters. The number of Topliss-reactive ketones (excluding diaryl/α,β-unsaturated/α-hetero) is 2. The van der Waals surface area contributed by atoms with Crippen LogP contribution in [0, 0.1) is 0 Å². The third-order valence-electron chi connectivity index (χ3n) is 6.70. The largest absolute Gasteiger partial charge is 0.507 e. The van der Waals surface area contributed by atoms with Crippen LogP contribution < -0.4 is 14.8 Å². The quantitative estimate of drug-likeness (QED) is 0.467. The third-order valence-corrected chi connectivity index (χ3v) is 6.70. The SMILES string of the molecule is COc1cc(O)c2c(c1C(=O)NCc1ccc3ccccc3c1)OC1=CC(O)=C(C(C)=O)C(=O)[C@]12C. The minimum Gasteiger partial charge on any atom is -0.507 e. The lowest BCUT2D eigenvalue weighted by Gasteiger charge is -2.27. The number of phenolic OH excluding ortho intramolecular Hbond substituents is 1. The van der Waals surface area contributed by atoms with E-state index in [2.05, 4.69) is 5.32 Å². The lowest BCUT2D eigenvalue weighted by molar-refractivity contribution is -0.123. The minimum atomic E-state index is -1.60. The van der Waals surface area contributed by atoms with Crippen molar-refractivity contribution in [3.05, 3.63) is 88.4 Å². The fourth-order valence-electron chi connectivity index (χ4n) is 4.84. The molecule has 0 spiro atoms. The van der Waals surface area contributed by atoms with E-state index in [1.807, 2.05) is 42.5 Å². The maximum Gasteiger partial charge on any atom is 0.259 e. The van der Waals surface area contributed by atoms with Crippen molar-refractivity contribution in [1.82, 2.24) is 5.32 Å². The van der Waals surface area contributed by atoms with E-state index in [0.717, 1.165) is 16.3 Å². The van der Waals surface area contributed by atoms with Crippen LogP contribution in [0.5, 0.6) is 17.2 Å². The Kier molecular flexibility index (Phi) is 5.32. The number of rotatable bonds is 5. The number of carbonyl (C=O) groups is 3. The molecule has 1 heterocycles. The van der Waals surface area contributed by atoms with Crippen molar-refractivity contribution < 1.29 is 34.1 Å². The van der Waals surface area contributed by atoms with Crippen LogP contribution in [0.25, 0.3) is 10.8 Å². The molecule has 0 saturated carbocycles. The van der Waals surface area contributed by atoms with Gasteiger partial charge < -0.3 is 25.0 Å². The normalized spacial score (nSPS) is 18.3. The van der Waals surface area contributed by atoms with Crippen molar-refractivity contribution in [1.29, 1.82) is 0 Å². The van der Waals surface area contributed by atoms with Crippen molar-refractivity contribution in [3.63, 3.8) is 0 Å². The number of amides is 1. The van der Waals surface area contributed by atoms with Gasteiger partial charge in [0.2, 0.25) is 0 Å². The van der Waals surface area contributed by atoms with Gasteiger partial charge in [0.15, 0.2) is 17.3 Å². The number of benzene rings is 3. The average Bonchev–Trinajstić information content (AvgIpc) is 3.15. The fraction of sp³-hybridized carbons (Fsp3) is 0.179. The molecule has 1 aliphatic heterocycles. The lowest BCUT2D eigenvalue weighted by Crippen LogP contribution is -2.38. The number of allylic oxidation sites excluding steroid dienone is 3. The molecule has 1 amide bonds. The summed E-state index contributed by atoms with van der Waals surface area (Å²) in [6.07, 6.45) is 1.17. The van der Waals surface area contributed by atoms with Gasteiger partial charge in [0.05, 0.1) is 12.7 Å². The van der Waals surface area contributed by atoms with Crippen LogP contribution in [-0.4, -0.2) is 34.8 Å². The van der Waals surface area contributed by atoms with Gasteiger partial charge >= 0.3 is 0 Å². The number of ketones is 2. The predicted molar refractivity (Wildman–Crippen MR) is 131 cm³/mol. The molecule has 36 heavy (non-hydrogen) atoms. The highest BCUT2D eigenvalue weighted by atomic mass is 16.5. The first kappa shape index (κ1) is 23.2. The van der Waals surface area contributed by atoms with Crippen molar-refractivity contribution in [2.45, 2.75) is 25.8 Å². The van der Waals surface area contributed by atoms with Gasteiger partial charge in [0, 0.05) is 18.7 Å². The first-order chi connectivity index (χ1) is 17.2. The van der Waals surface area contributed by atoms with E-state index in [1.165, 1.54) is 33.1 Å². The van der Waals surface area contributed by atoms with Crippen molar-refractivity contribution in [2.75, 3.05) is 7.11 Å². The zero-order chi connectivity index (χ0) is 25.8. The van der Waals surface area contributed by atoms with Crippen molar-refractivity contribution >= 4 is 28.2 Å². The molecule has 3 aromatic carbocycles. The number of methoxy groups -OCH3 is 1. The molecule has 2 aliphatic rings. The molecule has 5 rings (SSSR count). The van der Waals surface area contributed by atoms with Crippen molar-refractivity contribution in [3.8, 4) is 17.2 Å². The van der Waals surface area contributed by atoms with Crippen LogP contribution in [0.2, 0.25) is 0 Å². The lowest BCUT2D eigenvalue weighted by atomic mass is 9.71. The second kappa shape index (κ2) is 8.27. The Balaban J connectivity index is 1.54. The van der Waals surface area contributed by atoms with Gasteiger partial charge in [-0.15, -0.1) is 0 Å². The average molecular weight is 485 g/mol. The van der Waals surface area contributed by atoms with Gasteiger partial charge in [-0.1, -0.05) is 36.4 Å². The standard InChI is InChI=1S/C28H23NO7/c1-14(30)22-18(31)12-21-28(2,26(22)33)24-19(32)11-20(35-3)23(25(24)36-21)27(34)29-13-15-8-9-16-6-4-5-7-17(16)10-15/h4-12,31-32H,13H2,1-3H3,(H,29,34)/t28-/m1/s1. The maximum absolute atomic E-state index is 13.4. The van der Waals surface area contributed by atoms with Gasteiger partial charge in [0.25, 0.3) is 5.91 Å². The fourth-order valence-corrected chi connectivity index (χ4v) is 4.84. The van der Waals surface area contributed by atoms with Crippen LogP contribution in [0.3, 0.4) is 0 Å². The Morgan fingerprint density at radius 3 is 2.50 bits per heavy atom. The first-order valence-electron chi connectivity index (χ1n) is 11.3. The molecular weight excluding hydrogens is 462 g/mol. The number of hydrogen-bond donors (Lipinski definition) is 3. The summed E-state index contributed by atoms with van der Waals surface area (Å²) in [5, 5.41) is 26.1. The summed E-state index contributed by atoms with van der Waals surface area (Å²) in [5.41, 5.74) is -1.11. The zero-order valence-electron chi connectivity index (χ0n) is 19.8. The molecule has 3 N–H and O–H groups in total. The molecular formula is C28H23NO7. The van der Waals surface area contributed by atoms with E-state index in [1.54, 1.807) is 0 Å². The summed E-state index contributed by atoms with van der Waals surface area (Å²) in [6.45, 7) is 2.85. The Labute approximate surface area is 206 Å². The summed E-state index contributed by atoms with van der Waals surface area (Å²) in [6, 6.07) is 15.0. The summed E-state index contributed by atoms with van der Waals surface area (Å²) < 4.78 is 11.3. The summed E-state index contributed by atoms with van der Waals surface area (Å²) in [4.78, 5) is 38.8. The highest BCUT2D eigenvalue weighted by Crippen LogP contribution is 2.56. The minimum absolute atomic E-state index is 0.00266. The van der Waals surface area contributed by atoms with Crippen LogP contribution in [0.1, 0.15) is 35.3 Å². The second-order valence-electron chi connectivity index (χ2n) is 8.92. The number of aromatic hydroxyl groups is 1. The van der Waals surface area contributed by atoms with Gasteiger partial charge in [-0.3, -0.25) is 14.4 Å². The molecule has 8 nitrogen and oxygen atoms in total. The summed E-state index contributed by atoms with van der Waals surface area (Å²) in [5.74, 6) is -2.79. The predicted octanol–water partition coefficient (Wildman–Crippen LogP) is 4.00. The Morgan fingerprint density at radius 1 is 1.08 bits per heavy atom. The smallest absolute Gasteiger partial charge is 0.259 e.